The quantitative estimate of drug-likeness (QED) is 0.866. The lowest BCUT2D eigenvalue weighted by molar-refractivity contribution is -0.133. The molecule has 1 aliphatic rings. The smallest absolute Gasteiger partial charge is 0.408 e. The number of likely N-dealkylation sites (tertiary alicyclic amines) is 1. The fraction of sp³-hybridized carbons (Fsp3) is 0.867. The summed E-state index contributed by atoms with van der Waals surface area (Å²) in [4.78, 5) is 26.1. The third kappa shape index (κ3) is 5.80. The molecule has 116 valence electrons. The molecular weight excluding hydrogens is 256 g/mol. The highest BCUT2D eigenvalue weighted by atomic mass is 16.6. The normalized spacial score (nSPS) is 20.8. The van der Waals surface area contributed by atoms with Crippen LogP contribution in [0.5, 0.6) is 0 Å². The van der Waals surface area contributed by atoms with Crippen molar-refractivity contribution in [1.29, 1.82) is 0 Å². The molecule has 0 saturated carbocycles. The third-order valence-electron chi connectivity index (χ3n) is 3.06. The van der Waals surface area contributed by atoms with Gasteiger partial charge in [0.2, 0.25) is 5.91 Å². The number of carbonyl (C=O) groups excluding carboxylic acids is 2. The van der Waals surface area contributed by atoms with Crippen molar-refractivity contribution in [3.63, 3.8) is 0 Å². The van der Waals surface area contributed by atoms with E-state index in [0.717, 1.165) is 25.9 Å². The van der Waals surface area contributed by atoms with Crippen LogP contribution in [-0.2, 0) is 9.53 Å². The Morgan fingerprint density at radius 1 is 1.40 bits per heavy atom. The van der Waals surface area contributed by atoms with Gasteiger partial charge in [0.15, 0.2) is 0 Å². The fourth-order valence-electron chi connectivity index (χ4n) is 2.31. The van der Waals surface area contributed by atoms with Gasteiger partial charge in [0.25, 0.3) is 0 Å². The van der Waals surface area contributed by atoms with Crippen LogP contribution in [0.25, 0.3) is 0 Å². The van der Waals surface area contributed by atoms with Crippen molar-refractivity contribution >= 4 is 12.0 Å². The van der Waals surface area contributed by atoms with Gasteiger partial charge in [-0.15, -0.1) is 0 Å². The first-order valence-corrected chi connectivity index (χ1v) is 7.47. The number of alkyl carbamates (subject to hydrolysis) is 1. The lowest BCUT2D eigenvalue weighted by Crippen LogP contribution is -2.49. The second-order valence-corrected chi connectivity index (χ2v) is 6.87. The summed E-state index contributed by atoms with van der Waals surface area (Å²) < 4.78 is 5.23. The zero-order valence-corrected chi connectivity index (χ0v) is 13.4. The summed E-state index contributed by atoms with van der Waals surface area (Å²) >= 11 is 0. The summed E-state index contributed by atoms with van der Waals surface area (Å²) in [6.45, 7) is 11.1. The van der Waals surface area contributed by atoms with E-state index in [9.17, 15) is 9.59 Å². The SMILES string of the molecule is CC(C)CN1CCCCC(NC(=O)OC(C)(C)C)C1=O. The standard InChI is InChI=1S/C15H28N2O3/c1-11(2)10-17-9-7-6-8-12(13(17)18)16-14(19)20-15(3,4)5/h11-12H,6-10H2,1-5H3,(H,16,19). The van der Waals surface area contributed by atoms with Gasteiger partial charge < -0.3 is 15.0 Å². The van der Waals surface area contributed by atoms with E-state index in [1.165, 1.54) is 0 Å². The number of ether oxygens (including phenoxy) is 1. The number of hydrogen-bond donors (Lipinski definition) is 1. The molecule has 1 atom stereocenters. The van der Waals surface area contributed by atoms with Crippen LogP contribution in [0.15, 0.2) is 0 Å². The van der Waals surface area contributed by atoms with E-state index >= 15 is 0 Å². The highest BCUT2D eigenvalue weighted by Crippen LogP contribution is 2.15. The lowest BCUT2D eigenvalue weighted by atomic mass is 10.1. The minimum Gasteiger partial charge on any atom is -0.444 e. The van der Waals surface area contributed by atoms with E-state index in [0.29, 0.717) is 12.3 Å². The van der Waals surface area contributed by atoms with Crippen molar-refractivity contribution < 1.29 is 14.3 Å². The maximum Gasteiger partial charge on any atom is 0.408 e. The van der Waals surface area contributed by atoms with Gasteiger partial charge in [0, 0.05) is 13.1 Å². The molecule has 0 aromatic rings. The third-order valence-corrected chi connectivity index (χ3v) is 3.06. The van der Waals surface area contributed by atoms with Crippen molar-refractivity contribution in [3.05, 3.63) is 0 Å². The van der Waals surface area contributed by atoms with Crippen LogP contribution in [-0.4, -0.2) is 41.6 Å². The van der Waals surface area contributed by atoms with E-state index in [1.54, 1.807) is 0 Å². The van der Waals surface area contributed by atoms with Gasteiger partial charge in [-0.25, -0.2) is 4.79 Å². The average molecular weight is 284 g/mol. The van der Waals surface area contributed by atoms with E-state index in [2.05, 4.69) is 19.2 Å². The molecule has 0 aliphatic carbocycles. The average Bonchev–Trinajstić information content (AvgIpc) is 2.41. The molecule has 5 heteroatoms. The van der Waals surface area contributed by atoms with Crippen LogP contribution in [0.2, 0.25) is 0 Å². The predicted molar refractivity (Wildman–Crippen MR) is 78.4 cm³/mol. The Balaban J connectivity index is 2.63. The Morgan fingerprint density at radius 2 is 2.05 bits per heavy atom. The zero-order chi connectivity index (χ0) is 15.3. The number of nitrogens with zero attached hydrogens (tertiary/aromatic N) is 1. The molecule has 0 aromatic heterocycles. The molecule has 1 aliphatic heterocycles. The number of amides is 2. The van der Waals surface area contributed by atoms with Crippen LogP contribution in [0.4, 0.5) is 4.79 Å². The van der Waals surface area contributed by atoms with Crippen LogP contribution in [0.1, 0.15) is 53.9 Å². The maximum absolute atomic E-state index is 12.4. The molecule has 2 amide bonds. The Bertz CT molecular complexity index is 348. The van der Waals surface area contributed by atoms with Gasteiger partial charge in [-0.1, -0.05) is 13.8 Å². The summed E-state index contributed by atoms with van der Waals surface area (Å²) in [6, 6.07) is -0.453. The number of hydrogen-bond acceptors (Lipinski definition) is 3. The monoisotopic (exact) mass is 284 g/mol. The molecule has 5 nitrogen and oxygen atoms in total. The Labute approximate surface area is 122 Å². The second kappa shape index (κ2) is 6.95. The maximum atomic E-state index is 12.4. The second-order valence-electron chi connectivity index (χ2n) is 6.87. The van der Waals surface area contributed by atoms with Crippen molar-refractivity contribution in [3.8, 4) is 0 Å². The first kappa shape index (κ1) is 16.8. The molecule has 1 N–H and O–H groups in total. The zero-order valence-electron chi connectivity index (χ0n) is 13.4. The molecular formula is C15H28N2O3. The first-order valence-electron chi connectivity index (χ1n) is 7.47. The molecule has 0 bridgehead atoms. The van der Waals surface area contributed by atoms with Crippen LogP contribution in [0.3, 0.4) is 0 Å². The van der Waals surface area contributed by atoms with E-state index in [4.69, 9.17) is 4.74 Å². The minimum atomic E-state index is -0.546. The molecule has 0 aromatic carbocycles. The highest BCUT2D eigenvalue weighted by molar-refractivity contribution is 5.86. The number of nitrogens with one attached hydrogen (secondary N) is 1. The summed E-state index contributed by atoms with van der Waals surface area (Å²) in [5.74, 6) is 0.446. The van der Waals surface area contributed by atoms with Crippen LogP contribution < -0.4 is 5.32 Å². The first-order chi connectivity index (χ1) is 9.19. The van der Waals surface area contributed by atoms with Gasteiger partial charge in [-0.2, -0.15) is 0 Å². The van der Waals surface area contributed by atoms with E-state index in [1.807, 2.05) is 25.7 Å². The Kier molecular flexibility index (Phi) is 5.84. The van der Waals surface area contributed by atoms with Crippen molar-refractivity contribution in [2.24, 2.45) is 5.92 Å². The molecule has 0 radical (unpaired) electrons. The Hall–Kier alpha value is -1.26. The molecule has 1 unspecified atom stereocenters. The van der Waals surface area contributed by atoms with Crippen LogP contribution in [0, 0.1) is 5.92 Å². The predicted octanol–water partition coefficient (Wildman–Crippen LogP) is 2.55. The molecule has 1 fully saturated rings. The summed E-state index contributed by atoms with van der Waals surface area (Å²) in [7, 11) is 0. The van der Waals surface area contributed by atoms with Gasteiger partial charge in [-0.05, 0) is 46.0 Å². The van der Waals surface area contributed by atoms with Gasteiger partial charge in [0.1, 0.15) is 11.6 Å². The minimum absolute atomic E-state index is 0.0158. The van der Waals surface area contributed by atoms with Gasteiger partial charge in [-0.3, -0.25) is 4.79 Å². The molecule has 20 heavy (non-hydrogen) atoms. The highest BCUT2D eigenvalue weighted by Gasteiger charge is 2.29. The van der Waals surface area contributed by atoms with Crippen molar-refractivity contribution in [1.82, 2.24) is 10.2 Å². The topological polar surface area (TPSA) is 58.6 Å². The molecule has 1 heterocycles. The lowest BCUT2D eigenvalue weighted by Gasteiger charge is -2.27. The number of carbonyl (C=O) groups is 2. The summed E-state index contributed by atoms with van der Waals surface area (Å²) in [5.41, 5.74) is -0.546. The van der Waals surface area contributed by atoms with E-state index < -0.39 is 17.7 Å². The molecule has 0 spiro atoms. The van der Waals surface area contributed by atoms with Gasteiger partial charge in [0.05, 0.1) is 0 Å². The van der Waals surface area contributed by atoms with Crippen LogP contribution >= 0.6 is 0 Å². The summed E-state index contributed by atoms with van der Waals surface area (Å²) in [5, 5.41) is 2.72. The Morgan fingerprint density at radius 3 is 2.60 bits per heavy atom. The van der Waals surface area contributed by atoms with E-state index in [-0.39, 0.29) is 5.91 Å². The molecule has 1 rings (SSSR count). The number of rotatable bonds is 3. The summed E-state index contributed by atoms with van der Waals surface area (Å²) in [6.07, 6.45) is 2.11. The fourth-order valence-corrected chi connectivity index (χ4v) is 2.31. The van der Waals surface area contributed by atoms with Crippen molar-refractivity contribution in [2.45, 2.75) is 65.5 Å². The van der Waals surface area contributed by atoms with Gasteiger partial charge >= 0.3 is 6.09 Å². The molecule has 1 saturated heterocycles. The van der Waals surface area contributed by atoms with Crippen molar-refractivity contribution in [2.75, 3.05) is 13.1 Å². The largest absolute Gasteiger partial charge is 0.444 e.